The summed E-state index contributed by atoms with van der Waals surface area (Å²) in [6.45, 7) is 7.93. The number of carbonyl (C=O) groups excluding carboxylic acids is 1. The van der Waals surface area contributed by atoms with Gasteiger partial charge >= 0.3 is 6.09 Å². The molecule has 1 fully saturated rings. The summed E-state index contributed by atoms with van der Waals surface area (Å²) < 4.78 is 5.53. The Labute approximate surface area is 131 Å². The second-order valence-electron chi connectivity index (χ2n) is 6.17. The molecule has 1 aromatic rings. The first-order valence-electron chi connectivity index (χ1n) is 7.25. The SMILES string of the molecule is CSc1ccc(C2CNCCN2C(=O)OC(C)(C)C)cc1. The molecule has 1 atom stereocenters. The third kappa shape index (κ3) is 4.38. The Morgan fingerprint density at radius 3 is 2.57 bits per heavy atom. The lowest BCUT2D eigenvalue weighted by Crippen LogP contribution is -2.50. The van der Waals surface area contributed by atoms with Gasteiger partial charge in [-0.15, -0.1) is 11.8 Å². The summed E-state index contributed by atoms with van der Waals surface area (Å²) in [4.78, 5) is 15.4. The molecule has 1 saturated heterocycles. The van der Waals surface area contributed by atoms with Gasteiger partial charge in [0.1, 0.15) is 5.60 Å². The van der Waals surface area contributed by atoms with Gasteiger partial charge in [0.2, 0.25) is 0 Å². The molecule has 116 valence electrons. The van der Waals surface area contributed by atoms with Crippen LogP contribution >= 0.6 is 11.8 Å². The van der Waals surface area contributed by atoms with Gasteiger partial charge in [-0.3, -0.25) is 4.90 Å². The van der Waals surface area contributed by atoms with Crippen LogP contribution in [0.4, 0.5) is 4.79 Å². The highest BCUT2D eigenvalue weighted by molar-refractivity contribution is 7.98. The Bertz CT molecular complexity index is 482. The summed E-state index contributed by atoms with van der Waals surface area (Å²) in [5.74, 6) is 0. The number of hydrogen-bond acceptors (Lipinski definition) is 4. The topological polar surface area (TPSA) is 41.6 Å². The minimum absolute atomic E-state index is 0.0320. The van der Waals surface area contributed by atoms with Gasteiger partial charge in [-0.2, -0.15) is 0 Å². The minimum Gasteiger partial charge on any atom is -0.444 e. The van der Waals surface area contributed by atoms with E-state index in [2.05, 4.69) is 35.8 Å². The smallest absolute Gasteiger partial charge is 0.410 e. The number of ether oxygens (including phenoxy) is 1. The molecule has 0 spiro atoms. The van der Waals surface area contributed by atoms with Crippen molar-refractivity contribution in [2.45, 2.75) is 37.3 Å². The molecule has 5 heteroatoms. The van der Waals surface area contributed by atoms with Gasteiger partial charge < -0.3 is 10.1 Å². The normalized spacial score (nSPS) is 19.4. The van der Waals surface area contributed by atoms with Crippen molar-refractivity contribution in [3.8, 4) is 0 Å². The number of carbonyl (C=O) groups is 1. The standard InChI is InChI=1S/C16H24N2O2S/c1-16(2,3)20-15(19)18-10-9-17-11-14(18)12-5-7-13(21-4)8-6-12/h5-8,14,17H,9-11H2,1-4H3. The van der Waals surface area contributed by atoms with Crippen molar-refractivity contribution in [2.75, 3.05) is 25.9 Å². The summed E-state index contributed by atoms with van der Waals surface area (Å²) in [6.07, 6.45) is 1.83. The summed E-state index contributed by atoms with van der Waals surface area (Å²) in [6, 6.07) is 8.43. The number of hydrogen-bond donors (Lipinski definition) is 1. The third-order valence-electron chi connectivity index (χ3n) is 3.37. The highest BCUT2D eigenvalue weighted by Gasteiger charge is 2.31. The van der Waals surface area contributed by atoms with Crippen LogP contribution in [0.25, 0.3) is 0 Å². The van der Waals surface area contributed by atoms with Gasteiger partial charge in [0.25, 0.3) is 0 Å². The predicted molar refractivity (Wildman–Crippen MR) is 86.8 cm³/mol. The number of thioether (sulfide) groups is 1. The number of amides is 1. The monoisotopic (exact) mass is 308 g/mol. The fourth-order valence-corrected chi connectivity index (χ4v) is 2.78. The molecule has 2 rings (SSSR count). The van der Waals surface area contributed by atoms with Crippen LogP contribution in [0.1, 0.15) is 32.4 Å². The average molecular weight is 308 g/mol. The second kappa shape index (κ2) is 6.71. The van der Waals surface area contributed by atoms with E-state index in [1.165, 1.54) is 4.90 Å². The van der Waals surface area contributed by atoms with E-state index in [4.69, 9.17) is 4.74 Å². The molecule has 1 aliphatic rings. The first-order valence-corrected chi connectivity index (χ1v) is 8.47. The molecular formula is C16H24N2O2S. The molecule has 21 heavy (non-hydrogen) atoms. The Morgan fingerprint density at radius 2 is 2.00 bits per heavy atom. The quantitative estimate of drug-likeness (QED) is 0.851. The van der Waals surface area contributed by atoms with Crippen LogP contribution in [0.2, 0.25) is 0 Å². The van der Waals surface area contributed by atoms with E-state index in [1.807, 2.05) is 25.7 Å². The van der Waals surface area contributed by atoms with Gasteiger partial charge in [-0.25, -0.2) is 4.79 Å². The minimum atomic E-state index is -0.463. The fourth-order valence-electron chi connectivity index (χ4n) is 2.37. The van der Waals surface area contributed by atoms with Crippen LogP contribution in [-0.2, 0) is 4.74 Å². The summed E-state index contributed by atoms with van der Waals surface area (Å²) in [5, 5.41) is 3.35. The molecule has 0 radical (unpaired) electrons. The first-order chi connectivity index (χ1) is 9.90. The lowest BCUT2D eigenvalue weighted by molar-refractivity contribution is 0.0118. The summed E-state index contributed by atoms with van der Waals surface area (Å²) in [5.41, 5.74) is 0.681. The molecule has 0 saturated carbocycles. The Balaban J connectivity index is 2.16. The van der Waals surface area contributed by atoms with Crippen molar-refractivity contribution in [2.24, 2.45) is 0 Å². The van der Waals surface area contributed by atoms with Crippen LogP contribution < -0.4 is 5.32 Å². The number of piperazine rings is 1. The zero-order chi connectivity index (χ0) is 15.5. The maximum Gasteiger partial charge on any atom is 0.410 e. The van der Waals surface area contributed by atoms with Crippen molar-refractivity contribution >= 4 is 17.9 Å². The first kappa shape index (κ1) is 16.2. The van der Waals surface area contributed by atoms with E-state index < -0.39 is 5.60 Å². The molecule has 1 N–H and O–H groups in total. The Kier molecular flexibility index (Phi) is 5.17. The van der Waals surface area contributed by atoms with Gasteiger partial charge in [-0.05, 0) is 44.7 Å². The van der Waals surface area contributed by atoms with Crippen LogP contribution in [0.5, 0.6) is 0 Å². The van der Waals surface area contributed by atoms with Crippen molar-refractivity contribution < 1.29 is 9.53 Å². The summed E-state index contributed by atoms with van der Waals surface area (Å²) in [7, 11) is 0. The third-order valence-corrected chi connectivity index (χ3v) is 4.12. The molecule has 0 aromatic heterocycles. The van der Waals surface area contributed by atoms with Gasteiger partial charge in [0.15, 0.2) is 0 Å². The molecule has 1 aromatic carbocycles. The zero-order valence-electron chi connectivity index (χ0n) is 13.2. The fraction of sp³-hybridized carbons (Fsp3) is 0.562. The Morgan fingerprint density at radius 1 is 1.33 bits per heavy atom. The van der Waals surface area contributed by atoms with E-state index in [-0.39, 0.29) is 12.1 Å². The second-order valence-corrected chi connectivity index (χ2v) is 7.05. The lowest BCUT2D eigenvalue weighted by atomic mass is 10.0. The van der Waals surface area contributed by atoms with Gasteiger partial charge in [0.05, 0.1) is 6.04 Å². The van der Waals surface area contributed by atoms with Crippen molar-refractivity contribution in [3.05, 3.63) is 29.8 Å². The van der Waals surface area contributed by atoms with Crippen molar-refractivity contribution in [1.82, 2.24) is 10.2 Å². The molecule has 1 unspecified atom stereocenters. The molecular weight excluding hydrogens is 284 g/mol. The maximum absolute atomic E-state index is 12.4. The van der Waals surface area contributed by atoms with Crippen molar-refractivity contribution in [3.63, 3.8) is 0 Å². The van der Waals surface area contributed by atoms with Crippen molar-refractivity contribution in [1.29, 1.82) is 0 Å². The molecule has 1 heterocycles. The van der Waals surface area contributed by atoms with E-state index in [0.29, 0.717) is 6.54 Å². The van der Waals surface area contributed by atoms with Crippen LogP contribution in [0.3, 0.4) is 0 Å². The molecule has 0 aliphatic carbocycles. The lowest BCUT2D eigenvalue weighted by Gasteiger charge is -2.37. The summed E-state index contributed by atoms with van der Waals surface area (Å²) >= 11 is 1.72. The van der Waals surface area contributed by atoms with E-state index >= 15 is 0 Å². The van der Waals surface area contributed by atoms with Gasteiger partial charge in [-0.1, -0.05) is 12.1 Å². The average Bonchev–Trinajstić information content (AvgIpc) is 2.45. The molecule has 4 nitrogen and oxygen atoms in total. The van der Waals surface area contributed by atoms with Crippen LogP contribution in [-0.4, -0.2) is 42.5 Å². The molecule has 0 bridgehead atoms. The highest BCUT2D eigenvalue weighted by Crippen LogP contribution is 2.26. The van der Waals surface area contributed by atoms with Crippen LogP contribution in [0, 0.1) is 0 Å². The Hall–Kier alpha value is -1.20. The van der Waals surface area contributed by atoms with Gasteiger partial charge in [0, 0.05) is 24.5 Å². The zero-order valence-corrected chi connectivity index (χ0v) is 14.0. The van der Waals surface area contributed by atoms with E-state index in [1.54, 1.807) is 11.8 Å². The maximum atomic E-state index is 12.4. The number of nitrogens with one attached hydrogen (secondary N) is 1. The van der Waals surface area contributed by atoms with Crippen LogP contribution in [0.15, 0.2) is 29.2 Å². The molecule has 1 aliphatic heterocycles. The van der Waals surface area contributed by atoms with E-state index in [9.17, 15) is 4.79 Å². The highest BCUT2D eigenvalue weighted by atomic mass is 32.2. The number of benzene rings is 1. The van der Waals surface area contributed by atoms with E-state index in [0.717, 1.165) is 18.7 Å². The predicted octanol–water partition coefficient (Wildman–Crippen LogP) is 3.29. The largest absolute Gasteiger partial charge is 0.444 e. The number of rotatable bonds is 2. The molecule has 1 amide bonds. The number of nitrogens with zero attached hydrogens (tertiary/aromatic N) is 1.